The third kappa shape index (κ3) is 5.16. The SMILES string of the molecule is CCn1cc(Br)cc1C(=O)N1CCCC(CNC(=O)Nc2ccc(C)cc2)C1. The van der Waals surface area contributed by atoms with Crippen molar-refractivity contribution in [3.8, 4) is 0 Å². The van der Waals surface area contributed by atoms with Gasteiger partial charge >= 0.3 is 6.03 Å². The third-order valence-corrected chi connectivity index (χ3v) is 5.52. The van der Waals surface area contributed by atoms with Gasteiger partial charge in [-0.15, -0.1) is 0 Å². The van der Waals surface area contributed by atoms with E-state index in [1.54, 1.807) is 0 Å². The first kappa shape index (κ1) is 20.5. The predicted octanol–water partition coefficient (Wildman–Crippen LogP) is 4.25. The number of likely N-dealkylation sites (tertiary alicyclic amines) is 1. The van der Waals surface area contributed by atoms with Gasteiger partial charge in [0.25, 0.3) is 5.91 Å². The number of nitrogens with one attached hydrogen (secondary N) is 2. The maximum absolute atomic E-state index is 12.9. The topological polar surface area (TPSA) is 66.4 Å². The van der Waals surface area contributed by atoms with Crippen molar-refractivity contribution >= 4 is 33.6 Å². The fourth-order valence-electron chi connectivity index (χ4n) is 3.54. The highest BCUT2D eigenvalue weighted by molar-refractivity contribution is 9.10. The van der Waals surface area contributed by atoms with Crippen molar-refractivity contribution in [1.29, 1.82) is 0 Å². The zero-order valence-corrected chi connectivity index (χ0v) is 18.0. The Morgan fingerprint density at radius 3 is 2.71 bits per heavy atom. The monoisotopic (exact) mass is 446 g/mol. The molecule has 6 nitrogen and oxygen atoms in total. The molecule has 1 aliphatic heterocycles. The first-order valence-corrected chi connectivity index (χ1v) is 10.5. The zero-order valence-electron chi connectivity index (χ0n) is 16.4. The number of halogens is 1. The number of hydrogen-bond donors (Lipinski definition) is 2. The Hall–Kier alpha value is -2.28. The minimum absolute atomic E-state index is 0.0568. The quantitative estimate of drug-likeness (QED) is 0.720. The summed E-state index contributed by atoms with van der Waals surface area (Å²) in [7, 11) is 0. The lowest BCUT2D eigenvalue weighted by atomic mass is 9.97. The van der Waals surface area contributed by atoms with Crippen molar-refractivity contribution in [1.82, 2.24) is 14.8 Å². The van der Waals surface area contributed by atoms with E-state index in [0.29, 0.717) is 18.8 Å². The van der Waals surface area contributed by atoms with E-state index in [2.05, 4.69) is 26.6 Å². The molecule has 1 fully saturated rings. The number of carbonyl (C=O) groups excluding carboxylic acids is 2. The van der Waals surface area contributed by atoms with Crippen molar-refractivity contribution in [2.45, 2.75) is 33.2 Å². The van der Waals surface area contributed by atoms with Gasteiger partial charge in [0.05, 0.1) is 0 Å². The van der Waals surface area contributed by atoms with E-state index >= 15 is 0 Å². The molecule has 0 saturated carbocycles. The van der Waals surface area contributed by atoms with Gasteiger partial charge < -0.3 is 20.1 Å². The molecule has 0 bridgehead atoms. The van der Waals surface area contributed by atoms with Crippen LogP contribution in [-0.4, -0.2) is 41.0 Å². The molecule has 2 heterocycles. The van der Waals surface area contributed by atoms with Crippen molar-refractivity contribution in [2.24, 2.45) is 5.92 Å². The predicted molar refractivity (Wildman–Crippen MR) is 115 cm³/mol. The van der Waals surface area contributed by atoms with Crippen LogP contribution >= 0.6 is 15.9 Å². The Balaban J connectivity index is 1.52. The highest BCUT2D eigenvalue weighted by Gasteiger charge is 2.26. The summed E-state index contributed by atoms with van der Waals surface area (Å²) in [4.78, 5) is 27.0. The standard InChI is InChI=1S/C21H27BrN4O2/c1-3-25-14-17(22)11-19(25)20(27)26-10-4-5-16(13-26)12-23-21(28)24-18-8-6-15(2)7-9-18/h6-9,11,14,16H,3-5,10,12-13H2,1-2H3,(H2,23,24,28). The second-order valence-corrected chi connectivity index (χ2v) is 8.21. The Morgan fingerprint density at radius 1 is 1.25 bits per heavy atom. The number of nitrogens with zero attached hydrogens (tertiary/aromatic N) is 2. The van der Waals surface area contributed by atoms with Crippen molar-refractivity contribution in [2.75, 3.05) is 25.0 Å². The number of benzene rings is 1. The summed E-state index contributed by atoms with van der Waals surface area (Å²) in [5.41, 5.74) is 2.63. The van der Waals surface area contributed by atoms with E-state index in [0.717, 1.165) is 41.7 Å². The zero-order chi connectivity index (χ0) is 20.1. The third-order valence-electron chi connectivity index (χ3n) is 5.09. The van der Waals surface area contributed by atoms with E-state index in [9.17, 15) is 9.59 Å². The first-order chi connectivity index (χ1) is 13.5. The van der Waals surface area contributed by atoms with Gasteiger partial charge in [0.2, 0.25) is 0 Å². The summed E-state index contributed by atoms with van der Waals surface area (Å²) in [5.74, 6) is 0.316. The normalized spacial score (nSPS) is 16.7. The van der Waals surface area contributed by atoms with Crippen LogP contribution in [0.4, 0.5) is 10.5 Å². The van der Waals surface area contributed by atoms with Crippen LogP contribution in [0.15, 0.2) is 41.0 Å². The van der Waals surface area contributed by atoms with Crippen molar-refractivity contribution in [3.05, 3.63) is 52.3 Å². The molecule has 1 aromatic carbocycles. The average Bonchev–Trinajstić information content (AvgIpc) is 3.08. The van der Waals surface area contributed by atoms with E-state index in [4.69, 9.17) is 0 Å². The van der Waals surface area contributed by atoms with Crippen LogP contribution in [0.3, 0.4) is 0 Å². The van der Waals surface area contributed by atoms with Crippen LogP contribution in [0.5, 0.6) is 0 Å². The fourth-order valence-corrected chi connectivity index (χ4v) is 4.01. The van der Waals surface area contributed by atoms with E-state index < -0.39 is 0 Å². The Bertz CT molecular complexity index is 831. The summed E-state index contributed by atoms with van der Waals surface area (Å²) in [6.07, 6.45) is 3.89. The Labute approximate surface area is 174 Å². The molecule has 2 N–H and O–H groups in total. The molecule has 1 aromatic heterocycles. The number of anilines is 1. The van der Waals surface area contributed by atoms with Crippen molar-refractivity contribution < 1.29 is 9.59 Å². The number of aryl methyl sites for hydroxylation is 2. The van der Waals surface area contributed by atoms with Crippen LogP contribution < -0.4 is 10.6 Å². The fraction of sp³-hybridized carbons (Fsp3) is 0.429. The lowest BCUT2D eigenvalue weighted by Gasteiger charge is -2.33. The molecule has 7 heteroatoms. The summed E-state index contributed by atoms with van der Waals surface area (Å²) < 4.78 is 2.88. The summed E-state index contributed by atoms with van der Waals surface area (Å²) >= 11 is 3.45. The van der Waals surface area contributed by atoms with Crippen LogP contribution in [0.25, 0.3) is 0 Å². The van der Waals surface area contributed by atoms with E-state index in [-0.39, 0.29) is 17.9 Å². The van der Waals surface area contributed by atoms with Gasteiger partial charge in [-0.1, -0.05) is 17.7 Å². The Kier molecular flexibility index (Phi) is 6.78. The lowest BCUT2D eigenvalue weighted by molar-refractivity contribution is 0.0664. The molecule has 1 saturated heterocycles. The molecule has 0 spiro atoms. The second-order valence-electron chi connectivity index (χ2n) is 7.29. The number of aromatic nitrogens is 1. The summed E-state index contributed by atoms with van der Waals surface area (Å²) in [5, 5.41) is 5.79. The molecule has 28 heavy (non-hydrogen) atoms. The molecule has 0 radical (unpaired) electrons. The highest BCUT2D eigenvalue weighted by Crippen LogP contribution is 2.21. The number of piperidine rings is 1. The largest absolute Gasteiger partial charge is 0.343 e. The van der Waals surface area contributed by atoms with Gasteiger partial charge in [0.1, 0.15) is 5.69 Å². The average molecular weight is 447 g/mol. The van der Waals surface area contributed by atoms with Crippen molar-refractivity contribution in [3.63, 3.8) is 0 Å². The number of hydrogen-bond acceptors (Lipinski definition) is 2. The molecular weight excluding hydrogens is 420 g/mol. The summed E-state index contributed by atoms with van der Waals surface area (Å²) in [6.45, 7) is 6.77. The van der Waals surface area contributed by atoms with Gasteiger partial charge in [0.15, 0.2) is 0 Å². The van der Waals surface area contributed by atoms with Crippen LogP contribution in [-0.2, 0) is 6.54 Å². The minimum atomic E-state index is -0.212. The first-order valence-electron chi connectivity index (χ1n) is 9.72. The van der Waals surface area contributed by atoms with Gasteiger partial charge in [-0.3, -0.25) is 4.79 Å². The second kappa shape index (κ2) is 9.28. The van der Waals surface area contributed by atoms with Crippen LogP contribution in [0.2, 0.25) is 0 Å². The highest BCUT2D eigenvalue weighted by atomic mass is 79.9. The maximum atomic E-state index is 12.9. The number of urea groups is 1. The van der Waals surface area contributed by atoms with Gasteiger partial charge in [-0.25, -0.2) is 4.79 Å². The number of carbonyl (C=O) groups is 2. The molecule has 3 amide bonds. The number of rotatable bonds is 5. The van der Waals surface area contributed by atoms with E-state index in [1.807, 2.05) is 59.8 Å². The molecule has 0 aliphatic carbocycles. The smallest absolute Gasteiger partial charge is 0.319 e. The van der Waals surface area contributed by atoms with E-state index in [1.165, 1.54) is 0 Å². The maximum Gasteiger partial charge on any atom is 0.319 e. The lowest BCUT2D eigenvalue weighted by Crippen LogP contribution is -2.44. The van der Waals surface area contributed by atoms with Crippen LogP contribution in [0.1, 0.15) is 35.8 Å². The van der Waals surface area contributed by atoms with Gasteiger partial charge in [0, 0.05) is 42.5 Å². The van der Waals surface area contributed by atoms with Crippen LogP contribution in [0, 0.1) is 12.8 Å². The molecule has 1 aliphatic rings. The molecule has 150 valence electrons. The molecule has 1 atom stereocenters. The molecule has 2 aromatic rings. The molecule has 3 rings (SSSR count). The minimum Gasteiger partial charge on any atom is -0.343 e. The number of amides is 3. The van der Waals surface area contributed by atoms with Gasteiger partial charge in [-0.2, -0.15) is 0 Å². The Morgan fingerprint density at radius 2 is 2.00 bits per heavy atom. The molecule has 1 unspecified atom stereocenters. The van der Waals surface area contributed by atoms with Gasteiger partial charge in [-0.05, 0) is 66.7 Å². The molecular formula is C21H27BrN4O2. The summed E-state index contributed by atoms with van der Waals surface area (Å²) in [6, 6.07) is 9.36.